The van der Waals surface area contributed by atoms with Crippen LogP contribution in [0.3, 0.4) is 0 Å². The second-order valence-corrected chi connectivity index (χ2v) is 8.40. The summed E-state index contributed by atoms with van der Waals surface area (Å²) < 4.78 is 51.3. The van der Waals surface area contributed by atoms with Crippen LogP contribution in [0.15, 0.2) is 29.2 Å². The van der Waals surface area contributed by atoms with Crippen LogP contribution >= 0.6 is 0 Å². The maximum atomic E-state index is 13.3. The van der Waals surface area contributed by atoms with Crippen LogP contribution in [0.1, 0.15) is 49.4 Å². The molecule has 7 heteroatoms. The summed E-state index contributed by atoms with van der Waals surface area (Å²) in [7, 11) is -1.98. The molecule has 0 heterocycles. The Labute approximate surface area is 141 Å². The summed E-state index contributed by atoms with van der Waals surface area (Å²) >= 11 is 0. The Morgan fingerprint density at radius 3 is 2.42 bits per heavy atom. The summed E-state index contributed by atoms with van der Waals surface area (Å²) in [6.45, 7) is 1.76. The molecule has 1 saturated carbocycles. The molecule has 0 N–H and O–H groups in total. The standard InChI is InChI=1S/C17H23F2NO3S/c1-3-12-24(22,23)15-7-5-4-6-14(15)16(21)20(2)13-8-10-17(18,19)11-9-13/h4-7,13H,3,8-12H2,1-2H3. The Bertz CT molecular complexity index is 694. The Morgan fingerprint density at radius 1 is 1.25 bits per heavy atom. The molecule has 0 unspecified atom stereocenters. The lowest BCUT2D eigenvalue weighted by molar-refractivity contribution is -0.0490. The summed E-state index contributed by atoms with van der Waals surface area (Å²) in [6.07, 6.45) is 0.409. The highest BCUT2D eigenvalue weighted by Gasteiger charge is 2.37. The molecule has 0 aromatic heterocycles. The first kappa shape index (κ1) is 18.8. The molecule has 0 spiro atoms. The number of nitrogens with zero attached hydrogens (tertiary/aromatic N) is 1. The summed E-state index contributed by atoms with van der Waals surface area (Å²) in [6, 6.07) is 5.82. The van der Waals surface area contributed by atoms with Gasteiger partial charge >= 0.3 is 0 Å². The smallest absolute Gasteiger partial charge is 0.255 e. The predicted octanol–water partition coefficient (Wildman–Crippen LogP) is 3.52. The molecule has 1 aromatic rings. The van der Waals surface area contributed by atoms with Gasteiger partial charge in [-0.05, 0) is 31.4 Å². The van der Waals surface area contributed by atoms with Crippen molar-refractivity contribution in [2.75, 3.05) is 12.8 Å². The van der Waals surface area contributed by atoms with E-state index in [1.54, 1.807) is 26.1 Å². The summed E-state index contributed by atoms with van der Waals surface area (Å²) in [5.41, 5.74) is 0.116. The van der Waals surface area contributed by atoms with Crippen LogP contribution in [0, 0.1) is 0 Å². The van der Waals surface area contributed by atoms with Crippen LogP contribution < -0.4 is 0 Å². The van der Waals surface area contributed by atoms with E-state index in [4.69, 9.17) is 0 Å². The van der Waals surface area contributed by atoms with E-state index in [0.29, 0.717) is 6.42 Å². The molecule has 0 atom stereocenters. The first-order valence-corrected chi connectivity index (χ1v) is 9.80. The average molecular weight is 359 g/mol. The molecule has 0 bridgehead atoms. The minimum Gasteiger partial charge on any atom is -0.339 e. The minimum atomic E-state index is -3.54. The van der Waals surface area contributed by atoms with E-state index in [1.165, 1.54) is 17.0 Å². The normalized spacial score (nSPS) is 18.3. The van der Waals surface area contributed by atoms with Gasteiger partial charge in [-0.25, -0.2) is 17.2 Å². The third-order valence-corrected chi connectivity index (χ3v) is 6.45. The van der Waals surface area contributed by atoms with Gasteiger partial charge in [0.2, 0.25) is 5.92 Å². The van der Waals surface area contributed by atoms with Crippen LogP contribution in [0.5, 0.6) is 0 Å². The highest BCUT2D eigenvalue weighted by Crippen LogP contribution is 2.35. The summed E-state index contributed by atoms with van der Waals surface area (Å²) in [5, 5.41) is 0. The number of amides is 1. The SMILES string of the molecule is CCCS(=O)(=O)c1ccccc1C(=O)N(C)C1CCC(F)(F)CC1. The Morgan fingerprint density at radius 2 is 1.83 bits per heavy atom. The zero-order chi connectivity index (χ0) is 18.0. The second kappa shape index (κ2) is 7.17. The van der Waals surface area contributed by atoms with Gasteiger partial charge in [0.25, 0.3) is 5.91 Å². The highest BCUT2D eigenvalue weighted by molar-refractivity contribution is 7.91. The molecule has 0 radical (unpaired) electrons. The third kappa shape index (κ3) is 4.12. The maximum absolute atomic E-state index is 13.3. The Kier molecular flexibility index (Phi) is 5.63. The van der Waals surface area contributed by atoms with E-state index >= 15 is 0 Å². The number of benzene rings is 1. The third-order valence-electron chi connectivity index (χ3n) is 4.48. The topological polar surface area (TPSA) is 54.5 Å². The van der Waals surface area contributed by atoms with Crippen molar-refractivity contribution in [3.63, 3.8) is 0 Å². The highest BCUT2D eigenvalue weighted by atomic mass is 32.2. The molecule has 1 aliphatic rings. The van der Waals surface area contributed by atoms with E-state index in [1.807, 2.05) is 0 Å². The van der Waals surface area contributed by atoms with Crippen molar-refractivity contribution in [3.8, 4) is 0 Å². The van der Waals surface area contributed by atoms with Gasteiger partial charge in [0, 0.05) is 25.9 Å². The number of sulfone groups is 1. The lowest BCUT2D eigenvalue weighted by atomic mass is 9.91. The molecule has 1 aromatic carbocycles. The molecule has 4 nitrogen and oxygen atoms in total. The number of hydrogen-bond acceptors (Lipinski definition) is 3. The quantitative estimate of drug-likeness (QED) is 0.808. The number of hydrogen-bond donors (Lipinski definition) is 0. The Balaban J connectivity index is 2.24. The van der Waals surface area contributed by atoms with E-state index < -0.39 is 21.7 Å². The molecule has 1 aliphatic carbocycles. The Hall–Kier alpha value is -1.50. The van der Waals surface area contributed by atoms with Crippen LogP contribution in [-0.4, -0.2) is 44.0 Å². The minimum absolute atomic E-state index is 0.0184. The predicted molar refractivity (Wildman–Crippen MR) is 88.1 cm³/mol. The monoisotopic (exact) mass is 359 g/mol. The van der Waals surface area contributed by atoms with Gasteiger partial charge in [-0.3, -0.25) is 4.79 Å². The van der Waals surface area contributed by atoms with Crippen molar-refractivity contribution in [1.82, 2.24) is 4.90 Å². The number of alkyl halides is 2. The lowest BCUT2D eigenvalue weighted by Crippen LogP contribution is -2.42. The van der Waals surface area contributed by atoms with Gasteiger partial charge in [0.1, 0.15) is 0 Å². The van der Waals surface area contributed by atoms with Crippen molar-refractivity contribution in [2.45, 2.75) is 55.9 Å². The van der Waals surface area contributed by atoms with Gasteiger partial charge in [-0.1, -0.05) is 19.1 Å². The van der Waals surface area contributed by atoms with Crippen LogP contribution in [0.25, 0.3) is 0 Å². The fourth-order valence-electron chi connectivity index (χ4n) is 3.06. The fraction of sp³-hybridized carbons (Fsp3) is 0.588. The number of rotatable bonds is 5. The van der Waals surface area contributed by atoms with Gasteiger partial charge in [0.05, 0.1) is 16.2 Å². The molecular formula is C17H23F2NO3S. The van der Waals surface area contributed by atoms with Crippen molar-refractivity contribution in [3.05, 3.63) is 29.8 Å². The average Bonchev–Trinajstić information content (AvgIpc) is 2.53. The first-order valence-electron chi connectivity index (χ1n) is 8.15. The van der Waals surface area contributed by atoms with Crippen LogP contribution in [-0.2, 0) is 9.84 Å². The largest absolute Gasteiger partial charge is 0.339 e. The zero-order valence-electron chi connectivity index (χ0n) is 14.0. The number of halogens is 2. The molecule has 2 rings (SSSR count). The molecule has 1 fully saturated rings. The molecule has 0 aliphatic heterocycles. The van der Waals surface area contributed by atoms with Gasteiger partial charge < -0.3 is 4.90 Å². The van der Waals surface area contributed by atoms with Crippen LogP contribution in [0.4, 0.5) is 8.78 Å². The number of carbonyl (C=O) groups excluding carboxylic acids is 1. The van der Waals surface area contributed by atoms with Gasteiger partial charge in [-0.2, -0.15) is 0 Å². The zero-order valence-corrected chi connectivity index (χ0v) is 14.8. The molecule has 134 valence electrons. The van der Waals surface area contributed by atoms with Crippen molar-refractivity contribution < 1.29 is 22.0 Å². The lowest BCUT2D eigenvalue weighted by Gasteiger charge is -2.34. The fourth-order valence-corrected chi connectivity index (χ4v) is 4.59. The van der Waals surface area contributed by atoms with E-state index in [-0.39, 0.29) is 47.9 Å². The van der Waals surface area contributed by atoms with Crippen molar-refractivity contribution in [2.24, 2.45) is 0 Å². The van der Waals surface area contributed by atoms with Gasteiger partial charge in [-0.15, -0.1) is 0 Å². The number of carbonyl (C=O) groups is 1. The first-order chi connectivity index (χ1) is 11.2. The van der Waals surface area contributed by atoms with Gasteiger partial charge in [0.15, 0.2) is 9.84 Å². The molecule has 1 amide bonds. The van der Waals surface area contributed by atoms with E-state index in [9.17, 15) is 22.0 Å². The molecular weight excluding hydrogens is 336 g/mol. The molecule has 0 saturated heterocycles. The second-order valence-electron chi connectivity index (χ2n) is 6.32. The summed E-state index contributed by atoms with van der Waals surface area (Å²) in [4.78, 5) is 14.2. The van der Waals surface area contributed by atoms with E-state index in [0.717, 1.165) is 0 Å². The van der Waals surface area contributed by atoms with Crippen molar-refractivity contribution >= 4 is 15.7 Å². The summed E-state index contributed by atoms with van der Waals surface area (Å²) in [5.74, 6) is -3.13. The van der Waals surface area contributed by atoms with E-state index in [2.05, 4.69) is 0 Å². The molecule has 24 heavy (non-hydrogen) atoms. The van der Waals surface area contributed by atoms with Crippen molar-refractivity contribution in [1.29, 1.82) is 0 Å². The van der Waals surface area contributed by atoms with Crippen LogP contribution in [0.2, 0.25) is 0 Å². The maximum Gasteiger partial charge on any atom is 0.255 e.